The molecule has 0 bridgehead atoms. The fraction of sp³-hybridized carbons (Fsp3) is 0.316. The number of esters is 1. The monoisotopic (exact) mass is 393 g/mol. The minimum Gasteiger partial charge on any atom is -0.496 e. The average molecular weight is 393 g/mol. The highest BCUT2D eigenvalue weighted by molar-refractivity contribution is 7.92. The van der Waals surface area contributed by atoms with Gasteiger partial charge in [-0.05, 0) is 61.9 Å². The first-order valence-corrected chi connectivity index (χ1v) is 9.74. The second-order valence-corrected chi connectivity index (χ2v) is 7.51. The van der Waals surface area contributed by atoms with Gasteiger partial charge in [-0.1, -0.05) is 0 Å². The minimum absolute atomic E-state index is 0.0542. The van der Waals surface area contributed by atoms with Crippen LogP contribution < -0.4 is 13.8 Å². The summed E-state index contributed by atoms with van der Waals surface area (Å²) in [4.78, 5) is 11.9. The van der Waals surface area contributed by atoms with Gasteiger partial charge in [0.2, 0.25) is 0 Å². The smallest absolute Gasteiger partial charge is 0.326 e. The Kier molecular flexibility index (Phi) is 6.68. The van der Waals surface area contributed by atoms with Crippen molar-refractivity contribution < 1.29 is 27.4 Å². The van der Waals surface area contributed by atoms with Crippen LogP contribution in [0.1, 0.15) is 12.5 Å². The number of carbonyl (C=O) groups excluding carboxylic acids is 1. The molecule has 0 radical (unpaired) electrons. The van der Waals surface area contributed by atoms with E-state index in [0.29, 0.717) is 29.4 Å². The van der Waals surface area contributed by atoms with Gasteiger partial charge in [-0.15, -0.1) is 0 Å². The Morgan fingerprint density at radius 2 is 1.74 bits per heavy atom. The van der Waals surface area contributed by atoms with E-state index in [-0.39, 0.29) is 4.90 Å². The fourth-order valence-corrected chi connectivity index (χ4v) is 4.01. The molecular formula is C19H23NO6S. The van der Waals surface area contributed by atoms with E-state index in [0.717, 1.165) is 4.31 Å². The van der Waals surface area contributed by atoms with Crippen molar-refractivity contribution in [3.8, 4) is 11.5 Å². The molecule has 27 heavy (non-hydrogen) atoms. The van der Waals surface area contributed by atoms with Crippen LogP contribution in [-0.4, -0.2) is 41.8 Å². The summed E-state index contributed by atoms with van der Waals surface area (Å²) in [6.45, 7) is 3.65. The number of ether oxygens (including phenoxy) is 3. The third-order valence-electron chi connectivity index (χ3n) is 3.89. The lowest BCUT2D eigenvalue weighted by atomic mass is 10.2. The highest BCUT2D eigenvalue weighted by Gasteiger charge is 2.28. The van der Waals surface area contributed by atoms with Crippen molar-refractivity contribution in [2.24, 2.45) is 0 Å². The van der Waals surface area contributed by atoms with Crippen LogP contribution in [0.25, 0.3) is 0 Å². The van der Waals surface area contributed by atoms with Crippen LogP contribution >= 0.6 is 0 Å². The van der Waals surface area contributed by atoms with Crippen LogP contribution in [0.3, 0.4) is 0 Å². The molecule has 0 heterocycles. The first kappa shape index (κ1) is 20.6. The summed E-state index contributed by atoms with van der Waals surface area (Å²) in [6, 6.07) is 11.0. The molecule has 2 rings (SSSR count). The van der Waals surface area contributed by atoms with Crippen molar-refractivity contribution in [1.82, 2.24) is 0 Å². The second-order valence-electron chi connectivity index (χ2n) is 5.65. The summed E-state index contributed by atoms with van der Waals surface area (Å²) in [5.74, 6) is 0.518. The maximum atomic E-state index is 13.2. The van der Waals surface area contributed by atoms with Gasteiger partial charge in [0.25, 0.3) is 10.0 Å². The van der Waals surface area contributed by atoms with Crippen LogP contribution in [0, 0.1) is 6.92 Å². The van der Waals surface area contributed by atoms with Crippen LogP contribution in [0.15, 0.2) is 47.4 Å². The number of carbonyl (C=O) groups is 1. The first-order chi connectivity index (χ1) is 12.8. The van der Waals surface area contributed by atoms with E-state index in [1.54, 1.807) is 37.3 Å². The molecule has 0 atom stereocenters. The normalized spacial score (nSPS) is 11.0. The van der Waals surface area contributed by atoms with E-state index in [9.17, 15) is 13.2 Å². The van der Waals surface area contributed by atoms with E-state index in [1.807, 2.05) is 6.92 Å². The predicted octanol–water partition coefficient (Wildman–Crippen LogP) is 2.77. The van der Waals surface area contributed by atoms with Gasteiger partial charge >= 0.3 is 5.97 Å². The number of sulfonamides is 1. The molecule has 0 aliphatic rings. The van der Waals surface area contributed by atoms with Crippen molar-refractivity contribution in [3.05, 3.63) is 48.0 Å². The van der Waals surface area contributed by atoms with Gasteiger partial charge in [0.15, 0.2) is 0 Å². The molecule has 146 valence electrons. The zero-order valence-corrected chi connectivity index (χ0v) is 16.6. The van der Waals surface area contributed by atoms with E-state index >= 15 is 0 Å². The Bertz CT molecular complexity index is 893. The Morgan fingerprint density at radius 3 is 2.26 bits per heavy atom. The lowest BCUT2D eigenvalue weighted by Gasteiger charge is -2.24. The molecule has 0 aliphatic heterocycles. The van der Waals surface area contributed by atoms with Crippen LogP contribution in [0.5, 0.6) is 11.5 Å². The lowest BCUT2D eigenvalue weighted by molar-refractivity contribution is -0.138. The third kappa shape index (κ3) is 4.71. The first-order valence-electron chi connectivity index (χ1n) is 8.30. The molecule has 7 nitrogen and oxygen atoms in total. The summed E-state index contributed by atoms with van der Waals surface area (Å²) >= 11 is 0. The molecule has 0 N–H and O–H groups in total. The van der Waals surface area contributed by atoms with Crippen LogP contribution in [0.2, 0.25) is 0 Å². The van der Waals surface area contributed by atoms with Crippen molar-refractivity contribution in [2.45, 2.75) is 18.7 Å². The maximum absolute atomic E-state index is 13.2. The average Bonchev–Trinajstić information content (AvgIpc) is 2.66. The summed E-state index contributed by atoms with van der Waals surface area (Å²) in [7, 11) is -1.27. The van der Waals surface area contributed by atoms with Gasteiger partial charge in [-0.25, -0.2) is 8.42 Å². The standard InChI is InChI=1S/C19H23NO6S/c1-5-26-16-8-6-15(7-9-16)20(13-19(21)25-4)27(22,23)17-10-11-18(24-3)14(2)12-17/h6-12H,5,13H2,1-4H3. The number of anilines is 1. The molecule has 0 saturated carbocycles. The molecule has 2 aromatic carbocycles. The van der Waals surface area contributed by atoms with Crippen molar-refractivity contribution in [3.63, 3.8) is 0 Å². The quantitative estimate of drug-likeness (QED) is 0.642. The topological polar surface area (TPSA) is 82.1 Å². The van der Waals surface area contributed by atoms with Gasteiger partial charge in [0, 0.05) is 0 Å². The fourth-order valence-electron chi connectivity index (χ4n) is 2.51. The van der Waals surface area contributed by atoms with Crippen LogP contribution in [-0.2, 0) is 19.6 Å². The van der Waals surface area contributed by atoms with Crippen LogP contribution in [0.4, 0.5) is 5.69 Å². The Hall–Kier alpha value is -2.74. The van der Waals surface area contributed by atoms with E-state index < -0.39 is 22.5 Å². The Morgan fingerprint density at radius 1 is 1.07 bits per heavy atom. The van der Waals surface area contributed by atoms with Gasteiger partial charge in [0.05, 0.1) is 31.4 Å². The van der Waals surface area contributed by atoms with Gasteiger partial charge < -0.3 is 14.2 Å². The lowest BCUT2D eigenvalue weighted by Crippen LogP contribution is -2.36. The van der Waals surface area contributed by atoms with Crippen molar-refractivity contribution in [1.29, 1.82) is 0 Å². The number of aryl methyl sites for hydroxylation is 1. The van der Waals surface area contributed by atoms with Crippen molar-refractivity contribution in [2.75, 3.05) is 31.7 Å². The Balaban J connectivity index is 2.48. The zero-order chi connectivity index (χ0) is 20.0. The Labute approximate surface area is 159 Å². The number of benzene rings is 2. The van der Waals surface area contributed by atoms with Gasteiger partial charge in [-0.3, -0.25) is 9.10 Å². The van der Waals surface area contributed by atoms with Crippen molar-refractivity contribution >= 4 is 21.7 Å². The molecule has 0 saturated heterocycles. The summed E-state index contributed by atoms with van der Waals surface area (Å²) in [6.07, 6.45) is 0. The largest absolute Gasteiger partial charge is 0.496 e. The minimum atomic E-state index is -4.00. The molecule has 2 aromatic rings. The molecule has 0 aliphatic carbocycles. The summed E-state index contributed by atoms with van der Waals surface area (Å²) in [5.41, 5.74) is 1.00. The predicted molar refractivity (Wildman–Crippen MR) is 102 cm³/mol. The summed E-state index contributed by atoms with van der Waals surface area (Å²) < 4.78 is 42.6. The van der Waals surface area contributed by atoms with Gasteiger partial charge in [-0.2, -0.15) is 0 Å². The number of hydrogen-bond acceptors (Lipinski definition) is 6. The highest BCUT2D eigenvalue weighted by Crippen LogP contribution is 2.28. The number of hydrogen-bond donors (Lipinski definition) is 0. The number of nitrogens with zero attached hydrogens (tertiary/aromatic N) is 1. The second kappa shape index (κ2) is 8.77. The molecule has 8 heteroatoms. The molecular weight excluding hydrogens is 370 g/mol. The van der Waals surface area contributed by atoms with E-state index in [1.165, 1.54) is 26.4 Å². The SMILES string of the molecule is CCOc1ccc(N(CC(=O)OC)S(=O)(=O)c2ccc(OC)c(C)c2)cc1. The summed E-state index contributed by atoms with van der Waals surface area (Å²) in [5, 5.41) is 0. The molecule has 0 spiro atoms. The highest BCUT2D eigenvalue weighted by atomic mass is 32.2. The number of rotatable bonds is 8. The third-order valence-corrected chi connectivity index (χ3v) is 5.66. The molecule has 0 fully saturated rings. The van der Waals surface area contributed by atoms with E-state index in [2.05, 4.69) is 4.74 Å². The molecule has 0 aromatic heterocycles. The van der Waals surface area contributed by atoms with E-state index in [4.69, 9.17) is 9.47 Å². The van der Waals surface area contributed by atoms with Gasteiger partial charge in [0.1, 0.15) is 18.0 Å². The molecule has 0 amide bonds. The zero-order valence-electron chi connectivity index (χ0n) is 15.8. The number of methoxy groups -OCH3 is 2. The molecule has 0 unspecified atom stereocenters. The maximum Gasteiger partial charge on any atom is 0.326 e.